The minimum absolute atomic E-state index is 0.607. The molecule has 0 fully saturated rings. The molecule has 3 nitrogen and oxygen atoms in total. The summed E-state index contributed by atoms with van der Waals surface area (Å²) in [5.41, 5.74) is 1.77. The Balaban J connectivity index is 2.50. The molecule has 2 N–H and O–H groups in total. The van der Waals surface area contributed by atoms with Gasteiger partial charge in [0.15, 0.2) is 0 Å². The van der Waals surface area contributed by atoms with Crippen molar-refractivity contribution in [1.82, 2.24) is 5.32 Å². The first kappa shape index (κ1) is 13.5. The fourth-order valence-electron chi connectivity index (χ4n) is 1.72. The zero-order valence-corrected chi connectivity index (χ0v) is 10.8. The van der Waals surface area contributed by atoms with E-state index >= 15 is 0 Å². The molecular weight excluding hydrogens is 210 g/mol. The van der Waals surface area contributed by atoms with Crippen LogP contribution < -0.4 is 10.6 Å². The van der Waals surface area contributed by atoms with E-state index in [0.717, 1.165) is 18.8 Å². The van der Waals surface area contributed by atoms with Crippen LogP contribution in [0.15, 0.2) is 24.3 Å². The molecule has 1 rings (SSSR count). The lowest BCUT2D eigenvalue weighted by molar-refractivity contribution is 0.390. The van der Waals surface area contributed by atoms with Crippen molar-refractivity contribution in [3.05, 3.63) is 29.8 Å². The van der Waals surface area contributed by atoms with Gasteiger partial charge in [0.25, 0.3) is 0 Å². The number of hydrogen-bond acceptors (Lipinski definition) is 3. The average Bonchev–Trinajstić information content (AvgIpc) is 2.34. The molecule has 17 heavy (non-hydrogen) atoms. The monoisotopic (exact) mass is 231 g/mol. The van der Waals surface area contributed by atoms with Gasteiger partial charge in [0, 0.05) is 12.2 Å². The summed E-state index contributed by atoms with van der Waals surface area (Å²) in [6, 6.07) is 9.70. The highest BCUT2D eigenvalue weighted by molar-refractivity contribution is 5.47. The van der Waals surface area contributed by atoms with Gasteiger partial charge in [0.2, 0.25) is 0 Å². The summed E-state index contributed by atoms with van der Waals surface area (Å²) < 4.78 is 0. The van der Waals surface area contributed by atoms with Crippen LogP contribution in [-0.4, -0.2) is 20.1 Å². The Labute approximate surface area is 104 Å². The molecule has 0 saturated carbocycles. The Morgan fingerprint density at radius 3 is 2.29 bits per heavy atom. The van der Waals surface area contributed by atoms with E-state index in [1.54, 1.807) is 0 Å². The van der Waals surface area contributed by atoms with Crippen LogP contribution in [0.25, 0.3) is 0 Å². The molecular formula is C14H21N3. The second-order valence-corrected chi connectivity index (χ2v) is 4.63. The van der Waals surface area contributed by atoms with E-state index < -0.39 is 0 Å². The molecule has 0 aliphatic heterocycles. The second-order valence-electron chi connectivity index (χ2n) is 4.63. The highest BCUT2D eigenvalue weighted by Gasteiger charge is 2.11. The van der Waals surface area contributed by atoms with Crippen LogP contribution in [0.1, 0.15) is 19.4 Å². The lowest BCUT2D eigenvalue weighted by Gasteiger charge is -2.21. The van der Waals surface area contributed by atoms with Gasteiger partial charge >= 0.3 is 0 Å². The summed E-state index contributed by atoms with van der Waals surface area (Å²) in [4.78, 5) is 0. The third kappa shape index (κ3) is 4.46. The molecule has 0 radical (unpaired) electrons. The minimum atomic E-state index is 0.607. The molecule has 1 unspecified atom stereocenters. The third-order valence-corrected chi connectivity index (χ3v) is 2.99. The molecule has 0 spiro atoms. The van der Waals surface area contributed by atoms with Crippen LogP contribution in [0, 0.1) is 23.2 Å². The number of nitriles is 1. The molecule has 0 aliphatic rings. The Morgan fingerprint density at radius 2 is 1.82 bits per heavy atom. The smallest absolute Gasteiger partial charge is 0.0991 e. The van der Waals surface area contributed by atoms with E-state index in [9.17, 15) is 0 Å². The van der Waals surface area contributed by atoms with Crippen molar-refractivity contribution in [3.63, 3.8) is 0 Å². The van der Waals surface area contributed by atoms with Gasteiger partial charge in [-0.15, -0.1) is 0 Å². The van der Waals surface area contributed by atoms with Crippen LogP contribution in [0.3, 0.4) is 0 Å². The van der Waals surface area contributed by atoms with Crippen molar-refractivity contribution in [3.8, 4) is 6.07 Å². The molecule has 0 bridgehead atoms. The van der Waals surface area contributed by atoms with E-state index in [-0.39, 0.29) is 0 Å². The zero-order valence-electron chi connectivity index (χ0n) is 10.8. The maximum atomic E-state index is 8.71. The summed E-state index contributed by atoms with van der Waals surface area (Å²) in [6.45, 7) is 6.44. The maximum absolute atomic E-state index is 8.71. The predicted molar refractivity (Wildman–Crippen MR) is 71.9 cm³/mol. The Morgan fingerprint density at radius 1 is 1.18 bits per heavy atom. The molecule has 0 aliphatic carbocycles. The van der Waals surface area contributed by atoms with Gasteiger partial charge in [-0.2, -0.15) is 5.26 Å². The van der Waals surface area contributed by atoms with Crippen molar-refractivity contribution in [2.75, 3.05) is 25.5 Å². The SMILES string of the molecule is CNCC(CNc1ccc(C#N)cc1)C(C)C. The van der Waals surface area contributed by atoms with Crippen molar-refractivity contribution in [1.29, 1.82) is 5.26 Å². The standard InChI is InChI=1S/C14H21N3/c1-11(2)13(9-16-3)10-17-14-6-4-12(8-15)5-7-14/h4-7,11,13,16-17H,9-10H2,1-3H3. The quantitative estimate of drug-likeness (QED) is 0.790. The number of nitrogens with one attached hydrogen (secondary N) is 2. The molecule has 0 aromatic heterocycles. The summed E-state index contributed by atoms with van der Waals surface area (Å²) in [7, 11) is 1.98. The number of nitrogens with zero attached hydrogens (tertiary/aromatic N) is 1. The largest absolute Gasteiger partial charge is 0.385 e. The first-order chi connectivity index (χ1) is 8.17. The zero-order chi connectivity index (χ0) is 12.7. The van der Waals surface area contributed by atoms with Crippen molar-refractivity contribution in [2.24, 2.45) is 11.8 Å². The number of benzene rings is 1. The van der Waals surface area contributed by atoms with Crippen LogP contribution in [0.5, 0.6) is 0 Å². The summed E-state index contributed by atoms with van der Waals surface area (Å²) in [6.07, 6.45) is 0. The molecule has 0 heterocycles. The van der Waals surface area contributed by atoms with Crippen LogP contribution in [-0.2, 0) is 0 Å². The highest BCUT2D eigenvalue weighted by Crippen LogP contribution is 2.13. The van der Waals surface area contributed by atoms with Gasteiger partial charge in [0.05, 0.1) is 11.6 Å². The van der Waals surface area contributed by atoms with E-state index in [0.29, 0.717) is 17.4 Å². The minimum Gasteiger partial charge on any atom is -0.385 e. The normalized spacial score (nSPS) is 12.2. The van der Waals surface area contributed by atoms with Crippen LogP contribution in [0.4, 0.5) is 5.69 Å². The number of hydrogen-bond donors (Lipinski definition) is 2. The first-order valence-corrected chi connectivity index (χ1v) is 6.06. The van der Waals surface area contributed by atoms with E-state index in [1.807, 2.05) is 31.3 Å². The van der Waals surface area contributed by atoms with E-state index in [2.05, 4.69) is 30.6 Å². The Kier molecular flexibility index (Phi) is 5.51. The Bertz CT molecular complexity index is 362. The number of rotatable bonds is 6. The average molecular weight is 231 g/mol. The maximum Gasteiger partial charge on any atom is 0.0991 e. The van der Waals surface area contributed by atoms with Gasteiger partial charge in [-0.3, -0.25) is 0 Å². The van der Waals surface area contributed by atoms with Crippen molar-refractivity contribution < 1.29 is 0 Å². The molecule has 0 amide bonds. The molecule has 0 saturated heterocycles. The van der Waals surface area contributed by atoms with E-state index in [4.69, 9.17) is 5.26 Å². The van der Waals surface area contributed by atoms with Gasteiger partial charge in [-0.25, -0.2) is 0 Å². The van der Waals surface area contributed by atoms with Crippen LogP contribution >= 0.6 is 0 Å². The molecule has 92 valence electrons. The molecule has 1 aromatic rings. The van der Waals surface area contributed by atoms with Gasteiger partial charge < -0.3 is 10.6 Å². The lowest BCUT2D eigenvalue weighted by atomic mass is 9.95. The lowest BCUT2D eigenvalue weighted by Crippen LogP contribution is -2.29. The summed E-state index contributed by atoms with van der Waals surface area (Å²) in [5, 5.41) is 15.3. The molecule has 1 aromatic carbocycles. The van der Waals surface area contributed by atoms with Gasteiger partial charge in [-0.05, 0) is 49.7 Å². The van der Waals surface area contributed by atoms with Crippen LogP contribution in [0.2, 0.25) is 0 Å². The van der Waals surface area contributed by atoms with Gasteiger partial charge in [0.1, 0.15) is 0 Å². The topological polar surface area (TPSA) is 47.8 Å². The molecule has 3 heteroatoms. The van der Waals surface area contributed by atoms with Gasteiger partial charge in [-0.1, -0.05) is 13.8 Å². The van der Waals surface area contributed by atoms with Crippen molar-refractivity contribution >= 4 is 5.69 Å². The fraction of sp³-hybridized carbons (Fsp3) is 0.500. The summed E-state index contributed by atoms with van der Waals surface area (Å²) in [5.74, 6) is 1.25. The fourth-order valence-corrected chi connectivity index (χ4v) is 1.72. The molecule has 1 atom stereocenters. The van der Waals surface area contributed by atoms with E-state index in [1.165, 1.54) is 0 Å². The Hall–Kier alpha value is -1.53. The third-order valence-electron chi connectivity index (χ3n) is 2.99. The summed E-state index contributed by atoms with van der Waals surface area (Å²) >= 11 is 0. The first-order valence-electron chi connectivity index (χ1n) is 6.06. The van der Waals surface area contributed by atoms with Crippen molar-refractivity contribution in [2.45, 2.75) is 13.8 Å². The highest BCUT2D eigenvalue weighted by atomic mass is 14.9. The predicted octanol–water partition coefficient (Wildman–Crippen LogP) is 2.46. The number of anilines is 1. The second kappa shape index (κ2) is 6.93.